The number of hydrogen-bond acceptors (Lipinski definition) is 3. The van der Waals surface area contributed by atoms with Crippen LogP contribution in [-0.2, 0) is 6.42 Å². The van der Waals surface area contributed by atoms with Gasteiger partial charge in [-0.25, -0.2) is 4.98 Å². The fraction of sp³-hybridized carbons (Fsp3) is 0.231. The highest BCUT2D eigenvalue weighted by Crippen LogP contribution is 2.10. The molecule has 0 bridgehead atoms. The number of nitrogens with one attached hydrogen (secondary N) is 2. The molecule has 0 unspecified atom stereocenters. The van der Waals surface area contributed by atoms with E-state index in [1.165, 1.54) is 17.5 Å². The third-order valence-electron chi connectivity index (χ3n) is 2.74. The van der Waals surface area contributed by atoms with Gasteiger partial charge in [-0.15, -0.1) is 0 Å². The first-order chi connectivity index (χ1) is 8.68. The molecule has 0 amide bonds. The minimum Gasteiger partial charge on any atom is -0.369 e. The number of halogens is 1. The Hall–Kier alpha value is -1.37. The van der Waals surface area contributed by atoms with Gasteiger partial charge >= 0.3 is 0 Å². The minimum absolute atomic E-state index is 0.107. The highest BCUT2D eigenvalue weighted by molar-refractivity contribution is 14.1. The maximum atomic E-state index is 11.4. The predicted molar refractivity (Wildman–Crippen MR) is 80.9 cm³/mol. The van der Waals surface area contributed by atoms with Gasteiger partial charge < -0.3 is 10.3 Å². The SMILES string of the molecule is Cc1ccccc1CCNc1nc[nH]c(=O)c1I. The zero-order valence-electron chi connectivity index (χ0n) is 10.0. The van der Waals surface area contributed by atoms with Crippen LogP contribution in [0.4, 0.5) is 5.82 Å². The smallest absolute Gasteiger partial charge is 0.266 e. The third kappa shape index (κ3) is 3.10. The van der Waals surface area contributed by atoms with Gasteiger partial charge in [0.05, 0.1) is 6.33 Å². The van der Waals surface area contributed by atoms with Crippen LogP contribution >= 0.6 is 22.6 Å². The minimum atomic E-state index is -0.107. The molecule has 2 rings (SSSR count). The van der Waals surface area contributed by atoms with E-state index in [0.717, 1.165) is 13.0 Å². The second-order valence-electron chi connectivity index (χ2n) is 4.00. The number of benzene rings is 1. The Kier molecular flexibility index (Phi) is 4.35. The highest BCUT2D eigenvalue weighted by atomic mass is 127. The zero-order valence-corrected chi connectivity index (χ0v) is 12.2. The molecule has 1 heterocycles. The van der Waals surface area contributed by atoms with Crippen molar-refractivity contribution in [2.75, 3.05) is 11.9 Å². The molecule has 0 aliphatic heterocycles. The first-order valence-corrected chi connectivity index (χ1v) is 6.78. The highest BCUT2D eigenvalue weighted by Gasteiger charge is 2.04. The number of rotatable bonds is 4. The van der Waals surface area contributed by atoms with Crippen molar-refractivity contribution >= 4 is 28.4 Å². The second kappa shape index (κ2) is 5.99. The number of aromatic nitrogens is 2. The largest absolute Gasteiger partial charge is 0.369 e. The van der Waals surface area contributed by atoms with Crippen molar-refractivity contribution in [3.63, 3.8) is 0 Å². The average Bonchev–Trinajstić information content (AvgIpc) is 2.37. The molecular formula is C13H14IN3O. The molecule has 1 aromatic carbocycles. The van der Waals surface area contributed by atoms with E-state index in [1.807, 2.05) is 34.7 Å². The average molecular weight is 355 g/mol. The molecule has 5 heteroatoms. The van der Waals surface area contributed by atoms with E-state index in [4.69, 9.17) is 0 Å². The van der Waals surface area contributed by atoms with E-state index < -0.39 is 0 Å². The lowest BCUT2D eigenvalue weighted by molar-refractivity contribution is 0.978. The van der Waals surface area contributed by atoms with Gasteiger partial charge in [0.1, 0.15) is 9.39 Å². The molecule has 0 atom stereocenters. The zero-order chi connectivity index (χ0) is 13.0. The van der Waals surface area contributed by atoms with E-state index in [1.54, 1.807) is 0 Å². The van der Waals surface area contributed by atoms with Crippen LogP contribution in [0.1, 0.15) is 11.1 Å². The second-order valence-corrected chi connectivity index (χ2v) is 5.08. The van der Waals surface area contributed by atoms with Crippen molar-refractivity contribution in [1.29, 1.82) is 0 Å². The van der Waals surface area contributed by atoms with Crippen LogP contribution in [0.5, 0.6) is 0 Å². The van der Waals surface area contributed by atoms with Crippen LogP contribution in [0.25, 0.3) is 0 Å². The van der Waals surface area contributed by atoms with E-state index in [9.17, 15) is 4.79 Å². The number of hydrogen-bond donors (Lipinski definition) is 2. The summed E-state index contributed by atoms with van der Waals surface area (Å²) in [6.45, 7) is 2.86. The van der Waals surface area contributed by atoms with E-state index in [-0.39, 0.29) is 5.56 Å². The summed E-state index contributed by atoms with van der Waals surface area (Å²) in [5.74, 6) is 0.646. The van der Waals surface area contributed by atoms with Gasteiger partial charge in [0.15, 0.2) is 0 Å². The lowest BCUT2D eigenvalue weighted by Crippen LogP contribution is -2.16. The number of aromatic amines is 1. The van der Waals surface area contributed by atoms with Crippen LogP contribution in [0.15, 0.2) is 35.4 Å². The molecule has 18 heavy (non-hydrogen) atoms. The maximum absolute atomic E-state index is 11.4. The lowest BCUT2D eigenvalue weighted by atomic mass is 10.1. The van der Waals surface area contributed by atoms with Crippen molar-refractivity contribution in [2.45, 2.75) is 13.3 Å². The summed E-state index contributed by atoms with van der Waals surface area (Å²) in [7, 11) is 0. The summed E-state index contributed by atoms with van der Waals surface area (Å²) < 4.78 is 0.597. The molecule has 0 aliphatic rings. The maximum Gasteiger partial charge on any atom is 0.266 e. The Morgan fingerprint density at radius 2 is 2.17 bits per heavy atom. The topological polar surface area (TPSA) is 57.8 Å². The van der Waals surface area contributed by atoms with E-state index in [0.29, 0.717) is 9.39 Å². The van der Waals surface area contributed by atoms with E-state index in [2.05, 4.69) is 34.3 Å². The van der Waals surface area contributed by atoms with Crippen molar-refractivity contribution in [1.82, 2.24) is 9.97 Å². The molecule has 2 aromatic rings. The molecule has 0 radical (unpaired) electrons. The number of aryl methyl sites for hydroxylation is 1. The Morgan fingerprint density at radius 1 is 1.39 bits per heavy atom. The van der Waals surface area contributed by atoms with Crippen molar-refractivity contribution in [3.8, 4) is 0 Å². The molecule has 94 valence electrons. The third-order valence-corrected chi connectivity index (χ3v) is 3.75. The Labute approximate surface area is 119 Å². The molecule has 2 N–H and O–H groups in total. The normalized spacial score (nSPS) is 10.3. The van der Waals surface area contributed by atoms with Crippen molar-refractivity contribution in [3.05, 3.63) is 55.6 Å². The Bertz CT molecular complexity index is 595. The van der Waals surface area contributed by atoms with Gasteiger partial charge in [-0.3, -0.25) is 4.79 Å². The van der Waals surface area contributed by atoms with Crippen molar-refractivity contribution < 1.29 is 0 Å². The van der Waals surface area contributed by atoms with Gasteiger partial charge in [0, 0.05) is 6.54 Å². The van der Waals surface area contributed by atoms with Crippen LogP contribution in [-0.4, -0.2) is 16.5 Å². The lowest BCUT2D eigenvalue weighted by Gasteiger charge is -2.08. The van der Waals surface area contributed by atoms with Gasteiger partial charge in [-0.2, -0.15) is 0 Å². The van der Waals surface area contributed by atoms with Crippen LogP contribution in [0, 0.1) is 10.5 Å². The summed E-state index contributed by atoms with van der Waals surface area (Å²) in [5.41, 5.74) is 2.49. The Morgan fingerprint density at radius 3 is 2.94 bits per heavy atom. The fourth-order valence-electron chi connectivity index (χ4n) is 1.71. The monoisotopic (exact) mass is 355 g/mol. The van der Waals surface area contributed by atoms with Gasteiger partial charge in [-0.1, -0.05) is 24.3 Å². The summed E-state index contributed by atoms with van der Waals surface area (Å²) in [5, 5.41) is 3.19. The van der Waals surface area contributed by atoms with Crippen LogP contribution < -0.4 is 10.9 Å². The summed E-state index contributed by atoms with van der Waals surface area (Å²) in [6, 6.07) is 8.29. The van der Waals surface area contributed by atoms with Gasteiger partial charge in [0.25, 0.3) is 5.56 Å². The number of anilines is 1. The molecule has 0 saturated carbocycles. The quantitative estimate of drug-likeness (QED) is 0.828. The molecule has 1 aromatic heterocycles. The Balaban J connectivity index is 1.99. The fourth-order valence-corrected chi connectivity index (χ4v) is 2.20. The molecule has 4 nitrogen and oxygen atoms in total. The summed E-state index contributed by atoms with van der Waals surface area (Å²) in [4.78, 5) is 18.0. The molecule has 0 spiro atoms. The van der Waals surface area contributed by atoms with E-state index >= 15 is 0 Å². The molecular weight excluding hydrogens is 341 g/mol. The summed E-state index contributed by atoms with van der Waals surface area (Å²) >= 11 is 2.00. The first kappa shape index (κ1) is 13.1. The van der Waals surface area contributed by atoms with Gasteiger partial charge in [0.2, 0.25) is 0 Å². The molecule has 0 saturated heterocycles. The molecule has 0 aliphatic carbocycles. The summed E-state index contributed by atoms with van der Waals surface area (Å²) in [6.07, 6.45) is 2.33. The van der Waals surface area contributed by atoms with Gasteiger partial charge in [-0.05, 0) is 47.1 Å². The van der Waals surface area contributed by atoms with Crippen molar-refractivity contribution in [2.24, 2.45) is 0 Å². The molecule has 0 fully saturated rings. The standard InChI is InChI=1S/C13H14IN3O/c1-9-4-2-3-5-10(9)6-7-15-12-11(14)13(18)17-8-16-12/h2-5,8H,6-7H2,1H3,(H2,15,16,17,18). The van der Waals surface area contributed by atoms with Crippen LogP contribution in [0.3, 0.4) is 0 Å². The predicted octanol–water partition coefficient (Wildman–Crippen LogP) is 2.34. The first-order valence-electron chi connectivity index (χ1n) is 5.70. The number of H-pyrrole nitrogens is 1. The number of nitrogens with zero attached hydrogens (tertiary/aromatic N) is 1. The van der Waals surface area contributed by atoms with Crippen LogP contribution in [0.2, 0.25) is 0 Å².